The Balaban J connectivity index is 1.02. The lowest BCUT2D eigenvalue weighted by Gasteiger charge is -2.52. The van der Waals surface area contributed by atoms with Gasteiger partial charge >= 0.3 is 0 Å². The van der Waals surface area contributed by atoms with Crippen molar-refractivity contribution in [3.63, 3.8) is 0 Å². The third-order valence-electron chi connectivity index (χ3n) is 6.90. The van der Waals surface area contributed by atoms with Crippen molar-refractivity contribution in [2.75, 3.05) is 13.2 Å². The Hall–Kier alpha value is -4.52. The van der Waals surface area contributed by atoms with Gasteiger partial charge in [-0.25, -0.2) is 8.78 Å². The summed E-state index contributed by atoms with van der Waals surface area (Å²) in [4.78, 5) is 25.0. The Morgan fingerprint density at radius 1 is 0.947 bits per heavy atom. The van der Waals surface area contributed by atoms with Crippen LogP contribution >= 0.6 is 0 Å². The molecule has 11 nitrogen and oxygen atoms in total. The van der Waals surface area contributed by atoms with Gasteiger partial charge in [0, 0.05) is 36.4 Å². The Kier molecular flexibility index (Phi) is 5.71. The molecule has 2 bridgehead atoms. The number of carbonyl (C=O) groups is 2. The van der Waals surface area contributed by atoms with Crippen LogP contribution in [0.15, 0.2) is 47.9 Å². The van der Waals surface area contributed by atoms with E-state index >= 15 is 0 Å². The summed E-state index contributed by atoms with van der Waals surface area (Å²) in [7, 11) is 0. The van der Waals surface area contributed by atoms with Crippen molar-refractivity contribution in [3.05, 3.63) is 59.6 Å². The highest BCUT2D eigenvalue weighted by Gasteiger charge is 2.52. The maximum Gasteiger partial charge on any atom is 0.262 e. The molecule has 1 saturated carbocycles. The second kappa shape index (κ2) is 9.10. The predicted molar refractivity (Wildman–Crippen MR) is 129 cm³/mol. The molecule has 1 fully saturated rings. The number of aliphatic hydroxyl groups is 1. The van der Waals surface area contributed by atoms with E-state index in [0.29, 0.717) is 40.3 Å². The average Bonchev–Trinajstić information content (AvgIpc) is 3.52. The molecule has 2 amide bonds. The molecule has 0 radical (unpaired) electrons. The van der Waals surface area contributed by atoms with Crippen molar-refractivity contribution >= 4 is 33.6 Å². The van der Waals surface area contributed by atoms with Crippen LogP contribution in [0.2, 0.25) is 0 Å². The van der Waals surface area contributed by atoms with Crippen molar-refractivity contribution < 1.29 is 33.0 Å². The number of hydrogen-bond donors (Lipinski definition) is 5. The molecule has 13 heteroatoms. The van der Waals surface area contributed by atoms with Gasteiger partial charge in [0.05, 0.1) is 45.8 Å². The summed E-state index contributed by atoms with van der Waals surface area (Å²) in [5, 5.41) is 29.8. The fraction of sp³-hybridized carbons (Fsp3) is 0.280. The van der Waals surface area contributed by atoms with Crippen LogP contribution in [0, 0.1) is 11.6 Å². The van der Waals surface area contributed by atoms with E-state index in [9.17, 15) is 23.5 Å². The van der Waals surface area contributed by atoms with E-state index in [2.05, 4.69) is 31.0 Å². The predicted octanol–water partition coefficient (Wildman–Crippen LogP) is 1.96. The second-order valence-corrected chi connectivity index (χ2v) is 9.46. The summed E-state index contributed by atoms with van der Waals surface area (Å²) in [5.41, 5.74) is 1.53. The fourth-order valence-corrected chi connectivity index (χ4v) is 4.95. The van der Waals surface area contributed by atoms with E-state index in [1.165, 1.54) is 24.5 Å². The third kappa shape index (κ3) is 4.30. The minimum Gasteiger partial charge on any atom is -0.484 e. The van der Waals surface area contributed by atoms with Crippen LogP contribution < -0.4 is 20.1 Å². The molecule has 3 aliphatic rings. The summed E-state index contributed by atoms with van der Waals surface area (Å²) >= 11 is 0. The summed E-state index contributed by atoms with van der Waals surface area (Å²) < 4.78 is 39.0. The van der Waals surface area contributed by atoms with Gasteiger partial charge in [0.15, 0.2) is 13.2 Å². The molecule has 1 atom stereocenters. The lowest BCUT2D eigenvalue weighted by molar-refractivity contribution is -0.129. The summed E-state index contributed by atoms with van der Waals surface area (Å²) in [6.45, 7) is -0.714. The van der Waals surface area contributed by atoms with Crippen LogP contribution in [-0.4, -0.2) is 62.2 Å². The molecule has 2 heterocycles. The van der Waals surface area contributed by atoms with Gasteiger partial charge in [-0.2, -0.15) is 10.2 Å². The minimum atomic E-state index is -0.934. The molecule has 2 aromatic carbocycles. The topological polar surface area (TPSA) is 154 Å². The number of hydrogen-bond acceptors (Lipinski definition) is 7. The SMILES string of the molecule is O=C(COc1cc(F)c2cn[nH]c2c1)NC1=C2CC(NC(=O)COc3cc(F)c4cn[nH]c4c3)(C2)[C@@H](O)C1. The van der Waals surface area contributed by atoms with Gasteiger partial charge < -0.3 is 25.2 Å². The number of nitrogens with zero attached hydrogens (tertiary/aromatic N) is 2. The number of aliphatic hydroxyl groups excluding tert-OH is 1. The molecule has 0 saturated heterocycles. The molecular weight excluding hydrogens is 502 g/mol. The van der Waals surface area contributed by atoms with Gasteiger partial charge in [-0.05, 0) is 18.4 Å². The molecule has 196 valence electrons. The Morgan fingerprint density at radius 3 is 2.05 bits per heavy atom. The van der Waals surface area contributed by atoms with E-state index in [1.54, 1.807) is 12.1 Å². The van der Waals surface area contributed by atoms with Crippen LogP contribution in [0.1, 0.15) is 19.3 Å². The Labute approximate surface area is 213 Å². The van der Waals surface area contributed by atoms with Crippen LogP contribution in [-0.2, 0) is 9.59 Å². The number of rotatable bonds is 8. The Morgan fingerprint density at radius 2 is 1.50 bits per heavy atom. The van der Waals surface area contributed by atoms with Crippen molar-refractivity contribution in [3.8, 4) is 11.5 Å². The van der Waals surface area contributed by atoms with Crippen molar-refractivity contribution in [2.24, 2.45) is 0 Å². The first-order valence-corrected chi connectivity index (χ1v) is 11.8. The highest BCUT2D eigenvalue weighted by atomic mass is 19.1. The first-order chi connectivity index (χ1) is 18.3. The quantitative estimate of drug-likeness (QED) is 0.236. The second-order valence-electron chi connectivity index (χ2n) is 9.46. The number of aromatic amines is 2. The highest BCUT2D eigenvalue weighted by molar-refractivity contribution is 5.83. The first kappa shape index (κ1) is 23.9. The first-order valence-electron chi connectivity index (χ1n) is 11.8. The van der Waals surface area contributed by atoms with Gasteiger partial charge in [0.1, 0.15) is 23.1 Å². The summed E-state index contributed by atoms with van der Waals surface area (Å²) in [6, 6.07) is 5.44. The summed E-state index contributed by atoms with van der Waals surface area (Å²) in [5.74, 6) is -1.61. The molecule has 0 unspecified atom stereocenters. The number of nitrogens with one attached hydrogen (secondary N) is 4. The summed E-state index contributed by atoms with van der Waals surface area (Å²) in [6.07, 6.45) is 2.66. The van der Waals surface area contributed by atoms with Gasteiger partial charge in [-0.3, -0.25) is 19.8 Å². The molecule has 2 aromatic heterocycles. The molecule has 5 N–H and O–H groups in total. The van der Waals surface area contributed by atoms with Gasteiger partial charge in [-0.15, -0.1) is 0 Å². The fourth-order valence-electron chi connectivity index (χ4n) is 4.95. The zero-order chi connectivity index (χ0) is 26.4. The normalized spacial score (nSPS) is 20.3. The lowest BCUT2D eigenvalue weighted by atomic mass is 9.62. The minimum absolute atomic E-state index is 0.138. The molecule has 0 spiro atoms. The molecule has 3 aliphatic carbocycles. The van der Waals surface area contributed by atoms with E-state index in [1.807, 2.05) is 0 Å². The number of benzene rings is 2. The number of halogens is 2. The van der Waals surface area contributed by atoms with E-state index in [0.717, 1.165) is 5.57 Å². The molecule has 7 rings (SSSR count). The maximum absolute atomic E-state index is 14.1. The number of amides is 2. The maximum atomic E-state index is 14.1. The average molecular weight is 524 g/mol. The number of fused-ring (bicyclic) bond motifs is 4. The third-order valence-corrected chi connectivity index (χ3v) is 6.90. The molecular formula is C25H22F2N6O5. The number of ether oxygens (including phenoxy) is 2. The van der Waals surface area contributed by atoms with Crippen LogP contribution in [0.3, 0.4) is 0 Å². The highest BCUT2D eigenvalue weighted by Crippen LogP contribution is 2.47. The van der Waals surface area contributed by atoms with Crippen molar-refractivity contribution in [1.29, 1.82) is 0 Å². The number of H-pyrrole nitrogens is 2. The number of carbonyl (C=O) groups excluding carboxylic acids is 2. The van der Waals surface area contributed by atoms with Crippen LogP contribution in [0.5, 0.6) is 11.5 Å². The largest absolute Gasteiger partial charge is 0.484 e. The van der Waals surface area contributed by atoms with Gasteiger partial charge in [0.25, 0.3) is 11.8 Å². The smallest absolute Gasteiger partial charge is 0.262 e. The lowest BCUT2D eigenvalue weighted by Crippen LogP contribution is -2.65. The van der Waals surface area contributed by atoms with Crippen molar-refractivity contribution in [2.45, 2.75) is 30.9 Å². The van der Waals surface area contributed by atoms with E-state index in [-0.39, 0.29) is 31.1 Å². The number of aromatic nitrogens is 4. The van der Waals surface area contributed by atoms with E-state index < -0.39 is 35.1 Å². The molecule has 4 aromatic rings. The van der Waals surface area contributed by atoms with E-state index in [4.69, 9.17) is 9.47 Å². The van der Waals surface area contributed by atoms with Crippen LogP contribution in [0.4, 0.5) is 8.78 Å². The van der Waals surface area contributed by atoms with Gasteiger partial charge in [-0.1, -0.05) is 0 Å². The zero-order valence-corrected chi connectivity index (χ0v) is 19.8. The van der Waals surface area contributed by atoms with Crippen molar-refractivity contribution in [1.82, 2.24) is 31.0 Å². The van der Waals surface area contributed by atoms with Crippen LogP contribution in [0.25, 0.3) is 21.8 Å². The zero-order valence-electron chi connectivity index (χ0n) is 19.8. The standard InChI is InChI=1S/C25H22F2N6O5/c26-17-1-13(3-20-15(17)8-28-32-20)37-10-23(35)30-19-5-22(34)25(6-12(19)7-25)31-24(36)11-38-14-2-18(27)16-9-29-33-21(16)4-14/h1-4,8-9,22,34H,5-7,10-11H2,(H,28,32)(H,29,33)(H,30,35)(H,31,36)/t22-/m0/s1. The molecule has 0 aliphatic heterocycles. The Bertz CT molecular complexity index is 1600. The van der Waals surface area contributed by atoms with Gasteiger partial charge in [0.2, 0.25) is 0 Å². The molecule has 38 heavy (non-hydrogen) atoms. The monoisotopic (exact) mass is 524 g/mol.